The van der Waals surface area contributed by atoms with Gasteiger partial charge >= 0.3 is 6.03 Å². The van der Waals surface area contributed by atoms with E-state index < -0.39 is 0 Å². The van der Waals surface area contributed by atoms with Crippen molar-refractivity contribution in [3.63, 3.8) is 0 Å². The molecule has 1 heterocycles. The smallest absolute Gasteiger partial charge is 0.323 e. The number of para-hydroxylation sites is 1. The van der Waals surface area contributed by atoms with E-state index in [0.29, 0.717) is 0 Å². The number of anilines is 2. The fraction of sp³-hybridized carbons (Fsp3) is 0.0870. The molecule has 0 bridgehead atoms. The van der Waals surface area contributed by atoms with E-state index in [2.05, 4.69) is 33.8 Å². The number of fused-ring (bicyclic) bond motifs is 1. The van der Waals surface area contributed by atoms with Crippen LogP contribution in [0, 0.1) is 13.8 Å². The zero-order valence-electron chi connectivity index (χ0n) is 15.3. The highest BCUT2D eigenvalue weighted by Gasteiger charge is 2.08. The second-order valence-electron chi connectivity index (χ2n) is 6.68. The van der Waals surface area contributed by atoms with E-state index in [1.165, 1.54) is 5.39 Å². The number of benzene rings is 3. The van der Waals surface area contributed by atoms with Gasteiger partial charge in [-0.15, -0.1) is 0 Å². The summed E-state index contributed by atoms with van der Waals surface area (Å²) in [6, 6.07) is 23.7. The van der Waals surface area contributed by atoms with Crippen molar-refractivity contribution in [1.29, 1.82) is 0 Å². The van der Waals surface area contributed by atoms with Gasteiger partial charge < -0.3 is 15.6 Å². The maximum atomic E-state index is 12.4. The van der Waals surface area contributed by atoms with Crippen molar-refractivity contribution in [3.8, 4) is 11.3 Å². The summed E-state index contributed by atoms with van der Waals surface area (Å²) in [6.07, 6.45) is 0. The molecule has 0 saturated carbocycles. The molecule has 0 saturated heterocycles. The van der Waals surface area contributed by atoms with Crippen molar-refractivity contribution in [2.45, 2.75) is 13.8 Å². The highest BCUT2D eigenvalue weighted by molar-refractivity contribution is 6.00. The molecule has 0 aliphatic carbocycles. The van der Waals surface area contributed by atoms with Gasteiger partial charge in [-0.2, -0.15) is 0 Å². The Labute approximate surface area is 158 Å². The molecule has 2 amide bonds. The summed E-state index contributed by atoms with van der Waals surface area (Å²) in [5.74, 6) is 0. The molecule has 0 unspecified atom stereocenters. The highest BCUT2D eigenvalue weighted by Crippen LogP contribution is 2.26. The van der Waals surface area contributed by atoms with Gasteiger partial charge in [0.15, 0.2) is 0 Å². The zero-order chi connectivity index (χ0) is 18.8. The molecular weight excluding hydrogens is 334 g/mol. The minimum atomic E-state index is -0.252. The van der Waals surface area contributed by atoms with E-state index in [4.69, 9.17) is 0 Å². The van der Waals surface area contributed by atoms with Crippen LogP contribution in [0.3, 0.4) is 0 Å². The van der Waals surface area contributed by atoms with E-state index in [-0.39, 0.29) is 6.03 Å². The van der Waals surface area contributed by atoms with Crippen LogP contribution in [0.2, 0.25) is 0 Å². The number of hydrogen-bond donors (Lipinski definition) is 3. The van der Waals surface area contributed by atoms with Crippen molar-refractivity contribution in [2.75, 3.05) is 10.6 Å². The van der Waals surface area contributed by atoms with Crippen LogP contribution in [0.25, 0.3) is 22.2 Å². The number of rotatable bonds is 3. The Hall–Kier alpha value is -3.53. The molecule has 4 nitrogen and oxygen atoms in total. The maximum Gasteiger partial charge on any atom is 0.323 e. The number of H-pyrrole nitrogens is 1. The quantitative estimate of drug-likeness (QED) is 0.409. The Morgan fingerprint density at radius 2 is 1.67 bits per heavy atom. The Morgan fingerprint density at radius 3 is 2.52 bits per heavy atom. The lowest BCUT2D eigenvalue weighted by molar-refractivity contribution is 0.262. The van der Waals surface area contributed by atoms with E-state index in [0.717, 1.165) is 39.3 Å². The lowest BCUT2D eigenvalue weighted by Gasteiger charge is -2.12. The van der Waals surface area contributed by atoms with Crippen LogP contribution in [0.5, 0.6) is 0 Å². The van der Waals surface area contributed by atoms with Crippen LogP contribution in [-0.2, 0) is 0 Å². The van der Waals surface area contributed by atoms with Gasteiger partial charge in [-0.1, -0.05) is 42.5 Å². The number of aryl methyl sites for hydroxylation is 1. The third-order valence-corrected chi connectivity index (χ3v) is 4.81. The normalized spacial score (nSPS) is 10.7. The van der Waals surface area contributed by atoms with Crippen molar-refractivity contribution in [2.24, 2.45) is 0 Å². The number of urea groups is 1. The van der Waals surface area contributed by atoms with Crippen LogP contribution < -0.4 is 10.6 Å². The Balaban J connectivity index is 1.54. The first-order valence-electron chi connectivity index (χ1n) is 8.92. The number of carbonyl (C=O) groups is 1. The number of carbonyl (C=O) groups excluding carboxylic acids is 1. The van der Waals surface area contributed by atoms with Gasteiger partial charge in [0.2, 0.25) is 0 Å². The second-order valence-corrected chi connectivity index (χ2v) is 6.68. The molecular formula is C23H21N3O. The van der Waals surface area contributed by atoms with E-state index >= 15 is 0 Å². The minimum Gasteiger partial charge on any atom is -0.355 e. The summed E-state index contributed by atoms with van der Waals surface area (Å²) < 4.78 is 0. The Kier molecular flexibility index (Phi) is 4.38. The lowest BCUT2D eigenvalue weighted by Crippen LogP contribution is -2.20. The summed E-state index contributed by atoms with van der Waals surface area (Å²) in [7, 11) is 0. The molecule has 0 aliphatic rings. The second kappa shape index (κ2) is 7.00. The van der Waals surface area contributed by atoms with Gasteiger partial charge in [0.05, 0.1) is 0 Å². The van der Waals surface area contributed by atoms with Crippen LogP contribution in [0.1, 0.15) is 11.1 Å². The number of aromatic nitrogens is 1. The predicted octanol–water partition coefficient (Wildman–Crippen LogP) is 6.10. The molecule has 4 rings (SSSR count). The number of amides is 2. The number of nitrogens with one attached hydrogen (secondary N) is 3. The van der Waals surface area contributed by atoms with Crippen LogP contribution in [-0.4, -0.2) is 11.0 Å². The van der Waals surface area contributed by atoms with Crippen molar-refractivity contribution in [3.05, 3.63) is 83.9 Å². The summed E-state index contributed by atoms with van der Waals surface area (Å²) >= 11 is 0. The van der Waals surface area contributed by atoms with Crippen molar-refractivity contribution in [1.82, 2.24) is 4.98 Å². The fourth-order valence-corrected chi connectivity index (χ4v) is 3.16. The Morgan fingerprint density at radius 1 is 0.852 bits per heavy atom. The van der Waals surface area contributed by atoms with Crippen LogP contribution in [0.4, 0.5) is 16.2 Å². The molecule has 134 valence electrons. The summed E-state index contributed by atoms with van der Waals surface area (Å²) in [4.78, 5) is 15.8. The van der Waals surface area contributed by atoms with Crippen molar-refractivity contribution < 1.29 is 4.79 Å². The molecule has 4 aromatic rings. The molecule has 0 fully saturated rings. The molecule has 0 atom stereocenters. The molecule has 27 heavy (non-hydrogen) atoms. The third kappa shape index (κ3) is 3.55. The van der Waals surface area contributed by atoms with Gasteiger partial charge in [-0.05, 0) is 55.3 Å². The molecule has 3 N–H and O–H groups in total. The van der Waals surface area contributed by atoms with Gasteiger partial charge in [0.25, 0.3) is 0 Å². The Bertz CT molecular complexity index is 1090. The van der Waals surface area contributed by atoms with Gasteiger partial charge in [-0.3, -0.25) is 0 Å². The average Bonchev–Trinajstić information content (AvgIpc) is 3.10. The molecule has 0 aliphatic heterocycles. The molecule has 0 radical (unpaired) electrons. The number of aromatic amines is 1. The summed E-state index contributed by atoms with van der Waals surface area (Å²) in [5.41, 5.74) is 6.92. The fourth-order valence-electron chi connectivity index (χ4n) is 3.16. The summed E-state index contributed by atoms with van der Waals surface area (Å²) in [5, 5.41) is 7.00. The number of hydrogen-bond acceptors (Lipinski definition) is 1. The van der Waals surface area contributed by atoms with Crippen LogP contribution >= 0.6 is 0 Å². The summed E-state index contributed by atoms with van der Waals surface area (Å²) in [6.45, 7) is 4.03. The first-order chi connectivity index (χ1) is 13.1. The molecule has 4 heteroatoms. The SMILES string of the molecule is Cc1cccc(NC(=O)Nc2cccc(-c3cc4ccccc4[nH]3)c2)c1C. The van der Waals surface area contributed by atoms with Gasteiger partial charge in [0.1, 0.15) is 0 Å². The maximum absolute atomic E-state index is 12.4. The molecule has 3 aromatic carbocycles. The van der Waals surface area contributed by atoms with E-state index in [9.17, 15) is 4.79 Å². The first kappa shape index (κ1) is 16.9. The topological polar surface area (TPSA) is 56.9 Å². The van der Waals surface area contributed by atoms with Gasteiger partial charge in [0, 0.05) is 33.5 Å². The first-order valence-corrected chi connectivity index (χ1v) is 8.92. The zero-order valence-corrected chi connectivity index (χ0v) is 15.3. The lowest BCUT2D eigenvalue weighted by atomic mass is 10.1. The standard InChI is InChI=1S/C23H21N3O/c1-15-7-5-12-20(16(15)2)26-23(27)24-19-10-6-9-17(13-19)22-14-18-8-3-4-11-21(18)25-22/h3-14,25H,1-2H3,(H2,24,26,27). The third-order valence-electron chi connectivity index (χ3n) is 4.81. The van der Waals surface area contributed by atoms with E-state index in [1.54, 1.807) is 0 Å². The highest BCUT2D eigenvalue weighted by atomic mass is 16.2. The average molecular weight is 355 g/mol. The predicted molar refractivity (Wildman–Crippen MR) is 112 cm³/mol. The largest absolute Gasteiger partial charge is 0.355 e. The molecule has 1 aromatic heterocycles. The van der Waals surface area contributed by atoms with Crippen molar-refractivity contribution >= 4 is 28.3 Å². The van der Waals surface area contributed by atoms with Gasteiger partial charge in [-0.25, -0.2) is 4.79 Å². The van der Waals surface area contributed by atoms with E-state index in [1.807, 2.05) is 68.4 Å². The minimum absolute atomic E-state index is 0.252. The van der Waals surface area contributed by atoms with Crippen LogP contribution in [0.15, 0.2) is 72.8 Å². The molecule has 0 spiro atoms. The monoisotopic (exact) mass is 355 g/mol.